The molecule has 0 atom stereocenters. The Bertz CT molecular complexity index is 1170. The number of rotatable bonds is 2. The summed E-state index contributed by atoms with van der Waals surface area (Å²) in [7, 11) is 0. The zero-order valence-electron chi connectivity index (χ0n) is 15.3. The highest BCUT2D eigenvalue weighted by Crippen LogP contribution is 2.24. The third-order valence-corrected chi connectivity index (χ3v) is 4.92. The number of hydrogen-bond donors (Lipinski definition) is 0. The Labute approximate surface area is 176 Å². The number of amides is 1. The van der Waals surface area contributed by atoms with Crippen LogP contribution in [0.2, 0.25) is 0 Å². The lowest BCUT2D eigenvalue weighted by molar-refractivity contribution is -0.113. The summed E-state index contributed by atoms with van der Waals surface area (Å²) in [5, 5.41) is 9.48. The van der Waals surface area contributed by atoms with Gasteiger partial charge < -0.3 is 4.90 Å². The van der Waals surface area contributed by atoms with Crippen LogP contribution in [0.25, 0.3) is 6.08 Å². The fraction of sp³-hybridized carbons (Fsp3) is 0.0435. The van der Waals surface area contributed by atoms with Gasteiger partial charge in [-0.25, -0.2) is 4.99 Å². The minimum absolute atomic E-state index is 0.0377. The van der Waals surface area contributed by atoms with Crippen LogP contribution in [0, 0.1) is 11.3 Å². The summed E-state index contributed by atoms with van der Waals surface area (Å²) < 4.78 is 0.933. The second-order valence-corrected chi connectivity index (χ2v) is 7.34. The molecule has 29 heavy (non-hydrogen) atoms. The van der Waals surface area contributed by atoms with Crippen molar-refractivity contribution in [2.75, 3.05) is 0 Å². The number of carbonyl (C=O) groups is 1. The summed E-state index contributed by atoms with van der Waals surface area (Å²) in [5.74, 6) is 0.366. The van der Waals surface area contributed by atoms with Crippen LogP contribution in [0.15, 0.2) is 93.0 Å². The standard InChI is InChI=1S/C23H15BrN4O/c24-19-10-11-21-26-22(20-9-5-4-8-17(20)14-28(21)15-19)27-23(29)18(13-25)12-16-6-2-1-3-7-16/h1-12,15H,14H2. The van der Waals surface area contributed by atoms with Crippen molar-refractivity contribution in [3.05, 3.63) is 99.7 Å². The molecule has 0 aromatic heterocycles. The zero-order chi connectivity index (χ0) is 20.2. The number of fused-ring (bicyclic) bond motifs is 2. The first-order valence-corrected chi connectivity index (χ1v) is 9.72. The average molecular weight is 443 g/mol. The fourth-order valence-corrected chi connectivity index (χ4v) is 3.44. The Kier molecular flexibility index (Phi) is 5.32. The molecule has 0 N–H and O–H groups in total. The molecule has 1 amide bonds. The molecule has 0 radical (unpaired) electrons. The zero-order valence-corrected chi connectivity index (χ0v) is 16.9. The van der Waals surface area contributed by atoms with E-state index in [0.717, 1.165) is 21.2 Å². The van der Waals surface area contributed by atoms with E-state index in [1.807, 2.05) is 83.9 Å². The van der Waals surface area contributed by atoms with Gasteiger partial charge in [0.1, 0.15) is 17.5 Å². The number of hydrogen-bond acceptors (Lipinski definition) is 3. The SMILES string of the molecule is N#CC(=Cc1ccccc1)C(=O)N=C1N=C2C=CC(Br)=CN2Cc2ccccc21. The van der Waals surface area contributed by atoms with Crippen LogP contribution < -0.4 is 0 Å². The predicted molar refractivity (Wildman–Crippen MR) is 117 cm³/mol. The molecule has 2 heterocycles. The van der Waals surface area contributed by atoms with Gasteiger partial charge in [-0.15, -0.1) is 0 Å². The molecule has 0 saturated heterocycles. The molecule has 0 bridgehead atoms. The van der Waals surface area contributed by atoms with Gasteiger partial charge in [-0.1, -0.05) is 54.6 Å². The highest BCUT2D eigenvalue weighted by atomic mass is 79.9. The van der Waals surface area contributed by atoms with Gasteiger partial charge in [0.05, 0.1) is 0 Å². The molecule has 4 rings (SSSR count). The molecule has 2 aliphatic rings. The lowest BCUT2D eigenvalue weighted by Crippen LogP contribution is -2.24. The second kappa shape index (κ2) is 8.21. The Morgan fingerprint density at radius 3 is 2.69 bits per heavy atom. The highest BCUT2D eigenvalue weighted by molar-refractivity contribution is 9.11. The number of aliphatic imine (C=N–C) groups is 2. The van der Waals surface area contributed by atoms with Crippen molar-refractivity contribution in [3.63, 3.8) is 0 Å². The van der Waals surface area contributed by atoms with E-state index in [1.165, 1.54) is 6.08 Å². The molecular weight excluding hydrogens is 428 g/mol. The van der Waals surface area contributed by atoms with Crippen LogP contribution in [0.5, 0.6) is 0 Å². The van der Waals surface area contributed by atoms with Gasteiger partial charge in [0, 0.05) is 22.8 Å². The second-order valence-electron chi connectivity index (χ2n) is 6.42. The van der Waals surface area contributed by atoms with Crippen LogP contribution in [0.3, 0.4) is 0 Å². The molecule has 2 aromatic rings. The first-order valence-electron chi connectivity index (χ1n) is 8.93. The first-order chi connectivity index (χ1) is 14.1. The monoisotopic (exact) mass is 442 g/mol. The molecular formula is C23H15BrN4O. The average Bonchev–Trinajstić information content (AvgIpc) is 2.89. The van der Waals surface area contributed by atoms with Gasteiger partial charge in [0.2, 0.25) is 0 Å². The molecule has 2 aliphatic heterocycles. The minimum atomic E-state index is -0.615. The Balaban J connectivity index is 1.78. The van der Waals surface area contributed by atoms with Gasteiger partial charge in [-0.2, -0.15) is 10.3 Å². The van der Waals surface area contributed by atoms with Crippen LogP contribution in [0.1, 0.15) is 16.7 Å². The summed E-state index contributed by atoms with van der Waals surface area (Å²) in [5.41, 5.74) is 2.50. The van der Waals surface area contributed by atoms with Gasteiger partial charge in [-0.05, 0) is 45.3 Å². The predicted octanol–water partition coefficient (Wildman–Crippen LogP) is 4.59. The number of halogens is 1. The van der Waals surface area contributed by atoms with Gasteiger partial charge >= 0.3 is 0 Å². The summed E-state index contributed by atoms with van der Waals surface area (Å²) in [6, 6.07) is 18.9. The maximum Gasteiger partial charge on any atom is 0.289 e. The number of nitrogens with zero attached hydrogens (tertiary/aromatic N) is 4. The van der Waals surface area contributed by atoms with Gasteiger partial charge in [-0.3, -0.25) is 4.79 Å². The van der Waals surface area contributed by atoms with Crippen molar-refractivity contribution < 1.29 is 4.79 Å². The minimum Gasteiger partial charge on any atom is -0.327 e. The van der Waals surface area contributed by atoms with Crippen LogP contribution in [-0.2, 0) is 11.3 Å². The van der Waals surface area contributed by atoms with E-state index in [1.54, 1.807) is 0 Å². The summed E-state index contributed by atoms with van der Waals surface area (Å²) in [4.78, 5) is 23.6. The van der Waals surface area contributed by atoms with Crippen LogP contribution in [0.4, 0.5) is 0 Å². The van der Waals surface area contributed by atoms with Crippen molar-refractivity contribution in [3.8, 4) is 6.07 Å². The Morgan fingerprint density at radius 1 is 1.14 bits per heavy atom. The quantitative estimate of drug-likeness (QED) is 0.504. The van der Waals surface area contributed by atoms with Gasteiger partial charge in [0.15, 0.2) is 5.84 Å². The van der Waals surface area contributed by atoms with E-state index in [2.05, 4.69) is 25.9 Å². The summed E-state index contributed by atoms with van der Waals surface area (Å²) >= 11 is 3.48. The molecule has 0 saturated carbocycles. The normalized spacial score (nSPS) is 16.9. The van der Waals surface area contributed by atoms with Crippen molar-refractivity contribution in [2.24, 2.45) is 9.98 Å². The largest absolute Gasteiger partial charge is 0.327 e. The van der Waals surface area contributed by atoms with E-state index in [-0.39, 0.29) is 5.57 Å². The molecule has 140 valence electrons. The molecule has 0 fully saturated rings. The first kappa shape index (κ1) is 18.8. The lowest BCUT2D eigenvalue weighted by Gasteiger charge is -2.21. The van der Waals surface area contributed by atoms with Crippen molar-refractivity contribution in [1.82, 2.24) is 4.90 Å². The van der Waals surface area contributed by atoms with Crippen molar-refractivity contribution in [2.45, 2.75) is 6.54 Å². The lowest BCUT2D eigenvalue weighted by atomic mass is 10.1. The number of nitriles is 1. The number of benzene rings is 2. The van der Waals surface area contributed by atoms with Gasteiger partial charge in [0.25, 0.3) is 5.91 Å². The molecule has 0 unspecified atom stereocenters. The molecule has 5 nitrogen and oxygen atoms in total. The summed E-state index contributed by atoms with van der Waals surface area (Å²) in [6.45, 7) is 0.604. The van der Waals surface area contributed by atoms with Crippen molar-refractivity contribution >= 4 is 39.6 Å². The molecule has 6 heteroatoms. The van der Waals surface area contributed by atoms with Crippen LogP contribution in [-0.4, -0.2) is 22.5 Å². The number of allylic oxidation sites excluding steroid dienone is 2. The smallest absolute Gasteiger partial charge is 0.289 e. The maximum absolute atomic E-state index is 12.8. The Hall–Kier alpha value is -3.56. The van der Waals surface area contributed by atoms with E-state index >= 15 is 0 Å². The molecule has 2 aromatic carbocycles. The highest BCUT2D eigenvalue weighted by Gasteiger charge is 2.22. The van der Waals surface area contributed by atoms with E-state index in [0.29, 0.717) is 18.2 Å². The van der Waals surface area contributed by atoms with E-state index < -0.39 is 5.91 Å². The summed E-state index contributed by atoms with van der Waals surface area (Å²) in [6.07, 6.45) is 7.23. The third-order valence-electron chi connectivity index (χ3n) is 4.45. The third kappa shape index (κ3) is 4.15. The van der Waals surface area contributed by atoms with Crippen LogP contribution >= 0.6 is 15.9 Å². The maximum atomic E-state index is 12.8. The number of carbonyl (C=O) groups excluding carboxylic acids is 1. The van der Waals surface area contributed by atoms with E-state index in [9.17, 15) is 10.1 Å². The fourth-order valence-electron chi connectivity index (χ4n) is 3.06. The van der Waals surface area contributed by atoms with E-state index in [4.69, 9.17) is 0 Å². The number of amidine groups is 2. The molecule has 0 aliphatic carbocycles. The topological polar surface area (TPSA) is 68.8 Å². The Morgan fingerprint density at radius 2 is 1.90 bits per heavy atom. The molecule has 0 spiro atoms. The van der Waals surface area contributed by atoms with Crippen molar-refractivity contribution in [1.29, 1.82) is 5.26 Å².